The highest BCUT2D eigenvalue weighted by atomic mass is 16.3. The van der Waals surface area contributed by atoms with Crippen molar-refractivity contribution in [2.75, 3.05) is 6.61 Å². The third kappa shape index (κ3) is 2.16. The summed E-state index contributed by atoms with van der Waals surface area (Å²) in [6.07, 6.45) is 7.49. The first kappa shape index (κ1) is 18.8. The zero-order chi connectivity index (χ0) is 19.8. The summed E-state index contributed by atoms with van der Waals surface area (Å²) >= 11 is 0. The largest absolute Gasteiger partial charge is 0.388 e. The molecule has 5 heteroatoms. The lowest BCUT2D eigenvalue weighted by molar-refractivity contribution is -0.173. The molecule has 3 fully saturated rings. The van der Waals surface area contributed by atoms with Crippen molar-refractivity contribution in [2.24, 2.45) is 34.5 Å². The van der Waals surface area contributed by atoms with Crippen LogP contribution in [0.2, 0.25) is 0 Å². The van der Waals surface area contributed by atoms with Crippen molar-refractivity contribution in [1.29, 1.82) is 0 Å². The van der Waals surface area contributed by atoms with Gasteiger partial charge in [-0.1, -0.05) is 32.4 Å². The van der Waals surface area contributed by atoms with E-state index in [9.17, 15) is 24.6 Å². The molecule has 0 unspecified atom stereocenters. The van der Waals surface area contributed by atoms with E-state index >= 15 is 0 Å². The smallest absolute Gasteiger partial charge is 0.190 e. The van der Waals surface area contributed by atoms with Crippen LogP contribution in [-0.2, 0) is 14.4 Å². The summed E-state index contributed by atoms with van der Waals surface area (Å²) in [5, 5.41) is 20.8. The van der Waals surface area contributed by atoms with Crippen molar-refractivity contribution in [3.8, 4) is 0 Å². The number of carbonyl (C=O) groups is 3. The molecule has 0 aromatic heterocycles. The number of hydrogen-bond donors (Lipinski definition) is 2. The minimum absolute atomic E-state index is 0.0218. The topological polar surface area (TPSA) is 91.7 Å². The second-order valence-electron chi connectivity index (χ2n) is 9.52. The highest BCUT2D eigenvalue weighted by molar-refractivity contribution is 6.02. The van der Waals surface area contributed by atoms with E-state index in [0.717, 1.165) is 18.4 Å². The Morgan fingerprint density at radius 1 is 1.30 bits per heavy atom. The van der Waals surface area contributed by atoms with Gasteiger partial charge in [-0.05, 0) is 49.2 Å². The lowest BCUT2D eigenvalue weighted by Gasteiger charge is -2.56. The maximum absolute atomic E-state index is 13.4. The highest BCUT2D eigenvalue weighted by Gasteiger charge is 2.70. The zero-order valence-electron chi connectivity index (χ0n) is 16.2. The van der Waals surface area contributed by atoms with E-state index in [1.54, 1.807) is 12.2 Å². The number of Topliss-reactive ketones (excluding diaryl/α,β-unsaturated/α-hetero) is 2. The first-order chi connectivity index (χ1) is 12.6. The van der Waals surface area contributed by atoms with Crippen LogP contribution in [0.25, 0.3) is 0 Å². The van der Waals surface area contributed by atoms with Gasteiger partial charge in [0.25, 0.3) is 0 Å². The maximum atomic E-state index is 13.4. The van der Waals surface area contributed by atoms with Crippen molar-refractivity contribution >= 4 is 17.3 Å². The Bertz CT molecular complexity index is 795. The van der Waals surface area contributed by atoms with Gasteiger partial charge >= 0.3 is 0 Å². The van der Waals surface area contributed by atoms with Crippen LogP contribution in [0.3, 0.4) is 0 Å². The molecule has 2 N–H and O–H groups in total. The van der Waals surface area contributed by atoms with Gasteiger partial charge in [0.2, 0.25) is 0 Å². The number of rotatable bonds is 2. The van der Waals surface area contributed by atoms with Gasteiger partial charge in [0, 0.05) is 23.2 Å². The molecule has 4 aliphatic rings. The minimum atomic E-state index is -1.66. The number of allylic oxidation sites excluding steroid dienone is 4. The summed E-state index contributed by atoms with van der Waals surface area (Å²) in [5.41, 5.74) is -1.94. The molecular formula is C22H28O5. The van der Waals surface area contributed by atoms with Crippen molar-refractivity contribution < 1.29 is 24.6 Å². The molecule has 0 aliphatic heterocycles. The Kier molecular flexibility index (Phi) is 3.97. The van der Waals surface area contributed by atoms with Gasteiger partial charge in [0.1, 0.15) is 18.0 Å². The average Bonchev–Trinajstić information content (AvgIpc) is 2.82. The molecule has 3 saturated carbocycles. The summed E-state index contributed by atoms with van der Waals surface area (Å²) in [5.74, 6) is -0.947. The monoisotopic (exact) mass is 372 g/mol. The van der Waals surface area contributed by atoms with Crippen LogP contribution >= 0.6 is 0 Å². The number of aliphatic hydroxyl groups is 2. The lowest BCUT2D eigenvalue weighted by atomic mass is 9.46. The Hall–Kier alpha value is -1.59. The predicted molar refractivity (Wildman–Crippen MR) is 98.6 cm³/mol. The summed E-state index contributed by atoms with van der Waals surface area (Å²) < 4.78 is 0. The number of fused-ring (bicyclic) bond motifs is 5. The van der Waals surface area contributed by atoms with Crippen LogP contribution in [0.5, 0.6) is 0 Å². The molecule has 0 bridgehead atoms. The van der Waals surface area contributed by atoms with Crippen LogP contribution < -0.4 is 0 Å². The van der Waals surface area contributed by atoms with E-state index in [1.807, 2.05) is 26.8 Å². The Balaban J connectivity index is 1.79. The molecule has 0 heterocycles. The highest BCUT2D eigenvalue weighted by Crippen LogP contribution is 2.67. The van der Waals surface area contributed by atoms with Gasteiger partial charge in [-0.2, -0.15) is 0 Å². The summed E-state index contributed by atoms with van der Waals surface area (Å²) in [6.45, 7) is 5.05. The van der Waals surface area contributed by atoms with Crippen LogP contribution in [0.15, 0.2) is 23.8 Å². The van der Waals surface area contributed by atoms with Gasteiger partial charge in [0.15, 0.2) is 11.6 Å². The third-order valence-corrected chi connectivity index (χ3v) is 8.41. The first-order valence-electron chi connectivity index (χ1n) is 9.93. The molecule has 4 rings (SSSR count). The van der Waals surface area contributed by atoms with E-state index in [4.69, 9.17) is 0 Å². The van der Waals surface area contributed by atoms with Gasteiger partial charge in [-0.3, -0.25) is 14.4 Å². The summed E-state index contributed by atoms with van der Waals surface area (Å²) in [6, 6.07) is 0. The molecule has 0 radical (unpaired) electrons. The van der Waals surface area contributed by atoms with Crippen LogP contribution in [0.4, 0.5) is 0 Å². The van der Waals surface area contributed by atoms with E-state index < -0.39 is 28.8 Å². The lowest BCUT2D eigenvalue weighted by Crippen LogP contribution is -2.61. The van der Waals surface area contributed by atoms with Gasteiger partial charge in [0.05, 0.1) is 0 Å². The van der Waals surface area contributed by atoms with Crippen molar-refractivity contribution in [3.63, 3.8) is 0 Å². The SMILES string of the molecule is C[C@H]1C[C@@H]2[C@@H]3CCC4=CC(=O)C=C[C@]4(C)[C@H]3C(=O)C[C@]2(C)[C@@]1(O)C(=O)CO. The molecule has 4 aliphatic carbocycles. The predicted octanol–water partition coefficient (Wildman–Crippen LogP) is 2.01. The van der Waals surface area contributed by atoms with Crippen molar-refractivity contribution in [2.45, 2.75) is 52.1 Å². The average molecular weight is 372 g/mol. The molecule has 0 spiro atoms. The molecule has 0 saturated heterocycles. The number of carbonyl (C=O) groups excluding carboxylic acids is 3. The van der Waals surface area contributed by atoms with E-state index in [1.165, 1.54) is 0 Å². The van der Waals surface area contributed by atoms with Crippen LogP contribution in [0, 0.1) is 34.5 Å². The quantitative estimate of drug-likeness (QED) is 0.774. The molecule has 0 amide bonds. The van der Waals surface area contributed by atoms with Crippen LogP contribution in [-0.4, -0.2) is 39.8 Å². The fraction of sp³-hybridized carbons (Fsp3) is 0.682. The maximum Gasteiger partial charge on any atom is 0.190 e. The van der Waals surface area contributed by atoms with E-state index in [-0.39, 0.29) is 41.7 Å². The summed E-state index contributed by atoms with van der Waals surface area (Å²) in [7, 11) is 0. The normalized spacial score (nSPS) is 48.6. The minimum Gasteiger partial charge on any atom is -0.388 e. The number of aliphatic hydroxyl groups excluding tert-OH is 1. The fourth-order valence-corrected chi connectivity index (χ4v) is 7.08. The van der Waals surface area contributed by atoms with Crippen molar-refractivity contribution in [3.05, 3.63) is 23.8 Å². The second kappa shape index (κ2) is 5.71. The van der Waals surface area contributed by atoms with E-state index in [0.29, 0.717) is 6.42 Å². The Morgan fingerprint density at radius 2 is 2.00 bits per heavy atom. The Labute approximate surface area is 159 Å². The van der Waals surface area contributed by atoms with Gasteiger partial charge in [-0.25, -0.2) is 0 Å². The van der Waals surface area contributed by atoms with Crippen LogP contribution in [0.1, 0.15) is 46.5 Å². The van der Waals surface area contributed by atoms with Gasteiger partial charge in [-0.15, -0.1) is 0 Å². The summed E-state index contributed by atoms with van der Waals surface area (Å²) in [4.78, 5) is 37.8. The molecule has 0 aromatic carbocycles. The molecule has 27 heavy (non-hydrogen) atoms. The Morgan fingerprint density at radius 3 is 2.67 bits per heavy atom. The fourth-order valence-electron chi connectivity index (χ4n) is 7.08. The van der Waals surface area contributed by atoms with Crippen molar-refractivity contribution in [1.82, 2.24) is 0 Å². The zero-order valence-corrected chi connectivity index (χ0v) is 16.2. The number of ketones is 3. The molecule has 5 nitrogen and oxygen atoms in total. The van der Waals surface area contributed by atoms with E-state index in [2.05, 4.69) is 0 Å². The molecule has 146 valence electrons. The first-order valence-corrected chi connectivity index (χ1v) is 9.93. The third-order valence-electron chi connectivity index (χ3n) is 8.41. The standard InChI is InChI=1S/C22H28O5/c1-12-8-16-15-5-4-13-9-14(24)6-7-20(13,2)19(15)17(25)10-21(16,3)22(12,27)18(26)11-23/h6-7,9,12,15-16,19,23,27H,4-5,8,10-11H2,1-3H3/t12-,15-,16+,19+,20-,21-,22-/m0/s1. The number of hydrogen-bond acceptors (Lipinski definition) is 5. The molecule has 0 aromatic rings. The molecular weight excluding hydrogens is 344 g/mol. The van der Waals surface area contributed by atoms with Gasteiger partial charge < -0.3 is 10.2 Å². The molecule has 7 atom stereocenters. The second-order valence-corrected chi connectivity index (χ2v) is 9.52.